The van der Waals surface area contributed by atoms with Crippen LogP contribution in [-0.4, -0.2) is 34.8 Å². The molecule has 0 aliphatic carbocycles. The number of rotatable bonds is 5. The molecule has 6 heteroatoms. The number of carbonyl (C=O) groups excluding carboxylic acids is 2. The number of likely N-dealkylation sites (tertiary alicyclic amines) is 1. The number of H-pyrrole nitrogens is 1. The number of fused-ring (bicyclic) bond motifs is 1. The van der Waals surface area contributed by atoms with E-state index in [-0.39, 0.29) is 17.6 Å². The zero-order chi connectivity index (χ0) is 21.1. The molecule has 156 valence electrons. The first-order valence-corrected chi connectivity index (χ1v) is 10.4. The molecule has 1 aromatic heterocycles. The largest absolute Gasteiger partial charge is 0.361 e. The molecule has 1 atom stereocenters. The molecule has 0 bridgehead atoms. The van der Waals surface area contributed by atoms with Crippen LogP contribution in [0.2, 0.25) is 0 Å². The lowest BCUT2D eigenvalue weighted by Gasteiger charge is -2.33. The predicted octanol–water partition coefficient (Wildman–Crippen LogP) is 4.89. The second-order valence-electron chi connectivity index (χ2n) is 8.09. The maximum Gasteiger partial charge on any atom is 0.253 e. The molecule has 1 aliphatic rings. The number of nitrogens with zero attached hydrogens (tertiary/aromatic N) is 1. The van der Waals surface area contributed by atoms with Crippen molar-refractivity contribution in [3.8, 4) is 0 Å². The lowest BCUT2D eigenvalue weighted by Crippen LogP contribution is -2.40. The second kappa shape index (κ2) is 8.69. The van der Waals surface area contributed by atoms with Crippen LogP contribution >= 0.6 is 0 Å². The van der Waals surface area contributed by atoms with E-state index in [1.165, 1.54) is 12.1 Å². The molecule has 0 spiro atoms. The molecule has 2 N–H and O–H groups in total. The van der Waals surface area contributed by atoms with Gasteiger partial charge in [-0.2, -0.15) is 0 Å². The number of aromatic amines is 1. The smallest absolute Gasteiger partial charge is 0.253 e. The summed E-state index contributed by atoms with van der Waals surface area (Å²) < 4.78 is 13.2. The molecular weight excluding hydrogens is 381 g/mol. The number of benzene rings is 2. The third kappa shape index (κ3) is 4.53. The van der Waals surface area contributed by atoms with Crippen molar-refractivity contribution in [3.05, 3.63) is 65.6 Å². The number of hydrogen-bond donors (Lipinski definition) is 2. The summed E-state index contributed by atoms with van der Waals surface area (Å²) >= 11 is 0. The normalized spacial score (nSPS) is 16.6. The minimum Gasteiger partial charge on any atom is -0.361 e. The lowest BCUT2D eigenvalue weighted by atomic mass is 9.92. The average Bonchev–Trinajstić information content (AvgIpc) is 3.22. The monoisotopic (exact) mass is 407 g/mol. The van der Waals surface area contributed by atoms with Gasteiger partial charge < -0.3 is 15.2 Å². The van der Waals surface area contributed by atoms with E-state index in [0.29, 0.717) is 35.7 Å². The Bertz CT molecular complexity index is 1080. The van der Waals surface area contributed by atoms with Crippen molar-refractivity contribution in [1.82, 2.24) is 9.88 Å². The molecule has 0 radical (unpaired) electrons. The number of carbonyl (C=O) groups is 2. The number of hydrogen-bond acceptors (Lipinski definition) is 2. The van der Waals surface area contributed by atoms with Crippen molar-refractivity contribution in [2.75, 3.05) is 18.4 Å². The Balaban J connectivity index is 1.32. The molecule has 1 fully saturated rings. The van der Waals surface area contributed by atoms with Gasteiger partial charge >= 0.3 is 0 Å². The van der Waals surface area contributed by atoms with Gasteiger partial charge in [-0.1, -0.05) is 6.07 Å². The van der Waals surface area contributed by atoms with Gasteiger partial charge in [-0.15, -0.1) is 0 Å². The molecule has 0 saturated carbocycles. The van der Waals surface area contributed by atoms with Gasteiger partial charge in [0.2, 0.25) is 5.91 Å². The quantitative estimate of drug-likeness (QED) is 0.633. The summed E-state index contributed by atoms with van der Waals surface area (Å²) in [5.41, 5.74) is 3.00. The van der Waals surface area contributed by atoms with Crippen LogP contribution in [0.15, 0.2) is 48.7 Å². The molecule has 30 heavy (non-hydrogen) atoms. The molecular formula is C24H26FN3O2. The number of piperidine rings is 1. The van der Waals surface area contributed by atoms with E-state index in [1.807, 2.05) is 35.4 Å². The van der Waals surface area contributed by atoms with Crippen molar-refractivity contribution in [2.45, 2.75) is 32.6 Å². The fraction of sp³-hybridized carbons (Fsp3) is 0.333. The van der Waals surface area contributed by atoms with Crippen LogP contribution in [0.1, 0.15) is 41.6 Å². The zero-order valence-electron chi connectivity index (χ0n) is 17.1. The van der Waals surface area contributed by atoms with Crippen molar-refractivity contribution in [1.29, 1.82) is 0 Å². The van der Waals surface area contributed by atoms with Crippen molar-refractivity contribution in [2.24, 2.45) is 5.92 Å². The summed E-state index contributed by atoms with van der Waals surface area (Å²) in [6.45, 7) is 3.19. The van der Waals surface area contributed by atoms with E-state index in [0.717, 1.165) is 36.7 Å². The summed E-state index contributed by atoms with van der Waals surface area (Å²) in [6, 6.07) is 12.1. The van der Waals surface area contributed by atoms with Crippen LogP contribution in [0.25, 0.3) is 10.9 Å². The highest BCUT2D eigenvalue weighted by Gasteiger charge is 2.25. The molecule has 2 amide bonds. The number of amides is 2. The Morgan fingerprint density at radius 2 is 2.07 bits per heavy atom. The number of nitrogens with one attached hydrogen (secondary N) is 2. The summed E-state index contributed by atoms with van der Waals surface area (Å²) in [7, 11) is 0. The van der Waals surface area contributed by atoms with E-state index < -0.39 is 0 Å². The van der Waals surface area contributed by atoms with E-state index >= 15 is 0 Å². The highest BCUT2D eigenvalue weighted by molar-refractivity contribution is 5.98. The maximum atomic E-state index is 13.2. The predicted molar refractivity (Wildman–Crippen MR) is 116 cm³/mol. The van der Waals surface area contributed by atoms with Crippen molar-refractivity contribution < 1.29 is 14.0 Å². The van der Waals surface area contributed by atoms with Gasteiger partial charge in [0, 0.05) is 42.5 Å². The van der Waals surface area contributed by atoms with E-state index in [2.05, 4.69) is 10.3 Å². The summed E-state index contributed by atoms with van der Waals surface area (Å²) in [5.74, 6) is -0.0437. The van der Waals surface area contributed by atoms with Gasteiger partial charge in [0.1, 0.15) is 5.82 Å². The van der Waals surface area contributed by atoms with E-state index in [1.54, 1.807) is 13.0 Å². The Hall–Kier alpha value is -3.15. The van der Waals surface area contributed by atoms with Crippen LogP contribution in [0, 0.1) is 18.7 Å². The van der Waals surface area contributed by atoms with Gasteiger partial charge in [0.05, 0.1) is 0 Å². The third-order valence-corrected chi connectivity index (χ3v) is 5.85. The van der Waals surface area contributed by atoms with Gasteiger partial charge in [-0.05, 0) is 79.5 Å². The zero-order valence-corrected chi connectivity index (χ0v) is 17.1. The van der Waals surface area contributed by atoms with Crippen LogP contribution in [0.4, 0.5) is 10.1 Å². The Labute approximate surface area is 175 Å². The highest BCUT2D eigenvalue weighted by atomic mass is 19.1. The van der Waals surface area contributed by atoms with E-state index in [4.69, 9.17) is 0 Å². The number of aromatic nitrogens is 1. The molecule has 1 unspecified atom stereocenters. The molecule has 1 aliphatic heterocycles. The van der Waals surface area contributed by atoms with Gasteiger partial charge in [0.15, 0.2) is 0 Å². The summed E-state index contributed by atoms with van der Waals surface area (Å²) in [4.78, 5) is 30.3. The van der Waals surface area contributed by atoms with Gasteiger partial charge in [0.25, 0.3) is 5.91 Å². The summed E-state index contributed by atoms with van der Waals surface area (Å²) in [6.07, 6.45) is 4.94. The fourth-order valence-electron chi connectivity index (χ4n) is 4.16. The Morgan fingerprint density at radius 1 is 1.20 bits per heavy atom. The first-order chi connectivity index (χ1) is 14.5. The van der Waals surface area contributed by atoms with E-state index in [9.17, 15) is 14.0 Å². The minimum atomic E-state index is -0.312. The number of anilines is 1. The number of aryl methyl sites for hydroxylation is 1. The minimum absolute atomic E-state index is 0.0441. The Morgan fingerprint density at radius 3 is 2.90 bits per heavy atom. The lowest BCUT2D eigenvalue weighted by molar-refractivity contribution is -0.116. The highest BCUT2D eigenvalue weighted by Crippen LogP contribution is 2.24. The van der Waals surface area contributed by atoms with Crippen LogP contribution in [0.5, 0.6) is 0 Å². The maximum absolute atomic E-state index is 13.2. The topological polar surface area (TPSA) is 65.2 Å². The van der Waals surface area contributed by atoms with Crippen LogP contribution in [-0.2, 0) is 4.79 Å². The standard InChI is InChI=1S/C24H26FN3O2/c1-16-13-20(25)7-8-21(16)27-23(29)9-4-17-3-2-12-28(15-17)24(30)19-6-5-18-10-11-26-22(18)14-19/h5-8,10-11,13-14,17,26H,2-4,9,12,15H2,1H3,(H,27,29). The second-order valence-corrected chi connectivity index (χ2v) is 8.09. The van der Waals surface area contributed by atoms with Crippen molar-refractivity contribution in [3.63, 3.8) is 0 Å². The van der Waals surface area contributed by atoms with Crippen LogP contribution < -0.4 is 5.32 Å². The SMILES string of the molecule is Cc1cc(F)ccc1NC(=O)CCC1CCCN(C(=O)c2ccc3cc[nH]c3c2)C1. The average molecular weight is 407 g/mol. The summed E-state index contributed by atoms with van der Waals surface area (Å²) in [5, 5.41) is 3.95. The Kier molecular flexibility index (Phi) is 5.84. The number of halogens is 1. The molecule has 2 heterocycles. The first kappa shape index (κ1) is 20.1. The molecule has 2 aromatic carbocycles. The molecule has 4 rings (SSSR count). The first-order valence-electron chi connectivity index (χ1n) is 10.4. The molecule has 5 nitrogen and oxygen atoms in total. The molecule has 3 aromatic rings. The third-order valence-electron chi connectivity index (χ3n) is 5.85. The van der Waals surface area contributed by atoms with Gasteiger partial charge in [-0.25, -0.2) is 4.39 Å². The van der Waals surface area contributed by atoms with Crippen molar-refractivity contribution >= 4 is 28.4 Å². The fourth-order valence-corrected chi connectivity index (χ4v) is 4.16. The van der Waals surface area contributed by atoms with Crippen LogP contribution in [0.3, 0.4) is 0 Å². The molecule has 1 saturated heterocycles. The van der Waals surface area contributed by atoms with Gasteiger partial charge in [-0.3, -0.25) is 9.59 Å².